The van der Waals surface area contributed by atoms with E-state index in [2.05, 4.69) is 6.58 Å². The summed E-state index contributed by atoms with van der Waals surface area (Å²) >= 11 is 7.22. The van der Waals surface area contributed by atoms with Gasteiger partial charge in [0.25, 0.3) is 11.1 Å². The first-order valence-corrected chi connectivity index (χ1v) is 9.05. The third-order valence-electron chi connectivity index (χ3n) is 3.31. The van der Waals surface area contributed by atoms with Crippen molar-refractivity contribution < 1.29 is 19.1 Å². The second-order valence-electron chi connectivity index (χ2n) is 5.51. The second-order valence-corrected chi connectivity index (χ2v) is 6.91. The summed E-state index contributed by atoms with van der Waals surface area (Å²) in [5.74, 6) is 0.605. The zero-order valence-electron chi connectivity index (χ0n) is 14.4. The van der Waals surface area contributed by atoms with Gasteiger partial charge in [0.1, 0.15) is 6.61 Å². The van der Waals surface area contributed by atoms with E-state index in [0.29, 0.717) is 40.2 Å². The van der Waals surface area contributed by atoms with Gasteiger partial charge in [-0.2, -0.15) is 0 Å². The molecule has 1 aliphatic heterocycles. The molecule has 1 heterocycles. The van der Waals surface area contributed by atoms with Crippen molar-refractivity contribution in [3.8, 4) is 11.5 Å². The van der Waals surface area contributed by atoms with Gasteiger partial charge in [-0.3, -0.25) is 14.5 Å². The van der Waals surface area contributed by atoms with Crippen LogP contribution in [0.4, 0.5) is 4.79 Å². The van der Waals surface area contributed by atoms with Crippen molar-refractivity contribution in [2.75, 3.05) is 13.2 Å². The Labute approximate surface area is 156 Å². The highest BCUT2D eigenvalue weighted by atomic mass is 35.5. The number of imide groups is 1. The number of thioether (sulfide) groups is 1. The van der Waals surface area contributed by atoms with Crippen molar-refractivity contribution in [3.63, 3.8) is 0 Å². The molecule has 1 saturated heterocycles. The van der Waals surface area contributed by atoms with Crippen LogP contribution < -0.4 is 9.47 Å². The van der Waals surface area contributed by atoms with Crippen LogP contribution in [0.5, 0.6) is 11.5 Å². The van der Waals surface area contributed by atoms with Crippen molar-refractivity contribution in [1.29, 1.82) is 0 Å². The normalized spacial score (nSPS) is 16.0. The lowest BCUT2D eigenvalue weighted by Gasteiger charge is -2.16. The lowest BCUT2D eigenvalue weighted by molar-refractivity contribution is -0.123. The molecule has 1 fully saturated rings. The number of benzene rings is 1. The van der Waals surface area contributed by atoms with Gasteiger partial charge in [0, 0.05) is 6.04 Å². The molecule has 0 aromatic heterocycles. The Kier molecular flexibility index (Phi) is 6.56. The van der Waals surface area contributed by atoms with Crippen LogP contribution in [0.2, 0.25) is 5.02 Å². The topological polar surface area (TPSA) is 55.8 Å². The Morgan fingerprint density at radius 1 is 1.32 bits per heavy atom. The molecule has 1 aromatic rings. The molecule has 1 aliphatic rings. The summed E-state index contributed by atoms with van der Waals surface area (Å²) in [5.41, 5.74) is 0.661. The van der Waals surface area contributed by atoms with E-state index >= 15 is 0 Å². The first-order valence-electron chi connectivity index (χ1n) is 7.86. The van der Waals surface area contributed by atoms with E-state index in [1.54, 1.807) is 38.1 Å². The largest absolute Gasteiger partial charge is 0.490 e. The average molecular weight is 382 g/mol. The molecule has 134 valence electrons. The fourth-order valence-corrected chi connectivity index (χ4v) is 3.53. The van der Waals surface area contributed by atoms with E-state index in [1.807, 2.05) is 6.92 Å². The van der Waals surface area contributed by atoms with E-state index in [-0.39, 0.29) is 17.2 Å². The fraction of sp³-hybridized carbons (Fsp3) is 0.333. The summed E-state index contributed by atoms with van der Waals surface area (Å²) in [6, 6.07) is 3.22. The summed E-state index contributed by atoms with van der Waals surface area (Å²) in [6.45, 7) is 9.80. The number of ether oxygens (including phenoxy) is 2. The molecule has 25 heavy (non-hydrogen) atoms. The minimum atomic E-state index is -0.300. The highest BCUT2D eigenvalue weighted by Gasteiger charge is 2.36. The maximum Gasteiger partial charge on any atom is 0.293 e. The second kappa shape index (κ2) is 8.45. The van der Waals surface area contributed by atoms with Gasteiger partial charge >= 0.3 is 0 Å². The maximum absolute atomic E-state index is 12.4. The molecule has 0 atom stereocenters. The molecule has 0 spiro atoms. The monoisotopic (exact) mass is 381 g/mol. The lowest BCUT2D eigenvalue weighted by atomic mass is 10.1. The predicted octanol–water partition coefficient (Wildman–Crippen LogP) is 4.75. The number of amides is 2. The SMILES string of the molecule is C=CCOc1c(Cl)cc(/C=C2\SC(=O)N(C(C)C)C2=O)cc1OCC. The Morgan fingerprint density at radius 3 is 2.60 bits per heavy atom. The van der Waals surface area contributed by atoms with Gasteiger partial charge in [0.2, 0.25) is 0 Å². The van der Waals surface area contributed by atoms with Crippen molar-refractivity contribution in [1.82, 2.24) is 4.90 Å². The lowest BCUT2D eigenvalue weighted by Crippen LogP contribution is -2.34. The summed E-state index contributed by atoms with van der Waals surface area (Å²) < 4.78 is 11.1. The van der Waals surface area contributed by atoms with Crippen LogP contribution in [-0.4, -0.2) is 35.3 Å². The Hall–Kier alpha value is -1.92. The van der Waals surface area contributed by atoms with Crippen LogP contribution >= 0.6 is 23.4 Å². The molecular weight excluding hydrogens is 362 g/mol. The number of nitrogens with zero attached hydrogens (tertiary/aromatic N) is 1. The van der Waals surface area contributed by atoms with E-state index in [0.717, 1.165) is 11.8 Å². The van der Waals surface area contributed by atoms with E-state index in [9.17, 15) is 9.59 Å². The van der Waals surface area contributed by atoms with Crippen LogP contribution in [-0.2, 0) is 4.79 Å². The van der Waals surface area contributed by atoms with Gasteiger partial charge < -0.3 is 9.47 Å². The summed E-state index contributed by atoms with van der Waals surface area (Å²) in [5, 5.41) is 0.0930. The zero-order valence-corrected chi connectivity index (χ0v) is 15.9. The molecule has 2 amide bonds. The number of halogens is 1. The minimum absolute atomic E-state index is 0.185. The van der Waals surface area contributed by atoms with Crippen molar-refractivity contribution in [2.45, 2.75) is 26.8 Å². The molecular formula is C18H20ClNO4S. The third-order valence-corrected chi connectivity index (χ3v) is 4.48. The van der Waals surface area contributed by atoms with Gasteiger partial charge in [0.05, 0.1) is 16.5 Å². The van der Waals surface area contributed by atoms with E-state index in [4.69, 9.17) is 21.1 Å². The number of hydrogen-bond donors (Lipinski definition) is 0. The number of carbonyl (C=O) groups is 2. The fourth-order valence-electron chi connectivity index (χ4n) is 2.29. The average Bonchev–Trinajstić information content (AvgIpc) is 2.81. The molecule has 2 rings (SSSR count). The van der Waals surface area contributed by atoms with Gasteiger partial charge in [-0.25, -0.2) is 0 Å². The summed E-state index contributed by atoms with van der Waals surface area (Å²) in [4.78, 5) is 26.0. The number of rotatable bonds is 7. The Morgan fingerprint density at radius 2 is 2.04 bits per heavy atom. The molecule has 0 radical (unpaired) electrons. The van der Waals surface area contributed by atoms with Gasteiger partial charge in [-0.1, -0.05) is 24.3 Å². The Bertz CT molecular complexity index is 730. The molecule has 1 aromatic carbocycles. The Balaban J connectivity index is 2.38. The molecule has 0 aliphatic carbocycles. The van der Waals surface area contributed by atoms with Crippen LogP contribution in [0.25, 0.3) is 6.08 Å². The van der Waals surface area contributed by atoms with Crippen LogP contribution in [0.15, 0.2) is 29.7 Å². The minimum Gasteiger partial charge on any atom is -0.490 e. The standard InChI is InChI=1S/C18H20ClNO4S/c1-5-7-24-16-13(19)8-12(9-14(16)23-6-2)10-15-17(21)20(11(3)4)18(22)25-15/h5,8-11H,1,6-7H2,2-4H3/b15-10-. The van der Waals surface area contributed by atoms with Gasteiger partial charge in [0.15, 0.2) is 11.5 Å². The first kappa shape index (κ1) is 19.4. The van der Waals surface area contributed by atoms with Crippen molar-refractivity contribution in [2.24, 2.45) is 0 Å². The molecule has 0 bridgehead atoms. The smallest absolute Gasteiger partial charge is 0.293 e. The van der Waals surface area contributed by atoms with Crippen molar-refractivity contribution in [3.05, 3.63) is 40.3 Å². The van der Waals surface area contributed by atoms with E-state index in [1.165, 1.54) is 4.90 Å². The number of hydrogen-bond acceptors (Lipinski definition) is 5. The quantitative estimate of drug-likeness (QED) is 0.504. The molecule has 0 unspecified atom stereocenters. The molecule has 0 saturated carbocycles. The summed E-state index contributed by atoms with van der Waals surface area (Å²) in [7, 11) is 0. The van der Waals surface area contributed by atoms with Crippen LogP contribution in [0.3, 0.4) is 0 Å². The van der Waals surface area contributed by atoms with Gasteiger partial charge in [-0.15, -0.1) is 0 Å². The van der Waals surface area contributed by atoms with E-state index < -0.39 is 0 Å². The molecule has 0 N–H and O–H groups in total. The predicted molar refractivity (Wildman–Crippen MR) is 101 cm³/mol. The van der Waals surface area contributed by atoms with Gasteiger partial charge in [-0.05, 0) is 56.3 Å². The summed E-state index contributed by atoms with van der Waals surface area (Å²) in [6.07, 6.45) is 3.25. The third kappa shape index (κ3) is 4.38. The highest BCUT2D eigenvalue weighted by Crippen LogP contribution is 2.39. The maximum atomic E-state index is 12.4. The molecule has 7 heteroatoms. The number of carbonyl (C=O) groups excluding carboxylic acids is 2. The van der Waals surface area contributed by atoms with Crippen LogP contribution in [0.1, 0.15) is 26.3 Å². The zero-order chi connectivity index (χ0) is 18.6. The van der Waals surface area contributed by atoms with Crippen LogP contribution in [0, 0.1) is 0 Å². The highest BCUT2D eigenvalue weighted by molar-refractivity contribution is 8.18. The van der Waals surface area contributed by atoms with Crippen molar-refractivity contribution >= 4 is 40.6 Å². The molecule has 5 nitrogen and oxygen atoms in total. The first-order chi connectivity index (χ1) is 11.9.